The van der Waals surface area contributed by atoms with Crippen molar-refractivity contribution in [2.45, 2.75) is 51.7 Å². The molecule has 1 aromatic rings. The number of aromatic nitrogens is 2. The van der Waals surface area contributed by atoms with Gasteiger partial charge in [-0.25, -0.2) is 8.78 Å². The molecule has 0 radical (unpaired) electrons. The molecule has 3 rings (SSSR count). The quantitative estimate of drug-likeness (QED) is 0.756. The lowest BCUT2D eigenvalue weighted by Gasteiger charge is -2.29. The first kappa shape index (κ1) is 19.1. The highest BCUT2D eigenvalue weighted by Crippen LogP contribution is 2.41. The van der Waals surface area contributed by atoms with E-state index in [1.54, 1.807) is 0 Å². The van der Waals surface area contributed by atoms with Gasteiger partial charge in [-0.15, -0.1) is 10.2 Å². The van der Waals surface area contributed by atoms with E-state index in [1.165, 1.54) is 6.07 Å². The highest BCUT2D eigenvalue weighted by molar-refractivity contribution is 6.30. The van der Waals surface area contributed by atoms with Crippen LogP contribution in [0, 0.1) is 11.8 Å². The van der Waals surface area contributed by atoms with Crippen LogP contribution in [0.4, 0.5) is 14.6 Å². The Balaban J connectivity index is 1.56. The average molecular weight is 387 g/mol. The van der Waals surface area contributed by atoms with Crippen molar-refractivity contribution in [2.24, 2.45) is 11.8 Å². The number of likely N-dealkylation sites (tertiary alicyclic amines) is 1. The molecule has 2 fully saturated rings. The standard InChI is InChI=1S/C18H25ClF2N4O/c1-10(26-18(2,3)4)25-8-11-5-13(6-12(11)9-25)22-15-7-14(17(20)21)16(19)24-23-15/h7,11-13,17H,1,5-6,8-9H2,2-4H3,(H,22,23)/t11-,12?,13?/m1/s1. The van der Waals surface area contributed by atoms with Crippen LogP contribution in [0.2, 0.25) is 5.15 Å². The third-order valence-corrected chi connectivity index (χ3v) is 5.18. The molecule has 1 saturated carbocycles. The van der Waals surface area contributed by atoms with E-state index in [2.05, 4.69) is 27.0 Å². The number of halogens is 3. The highest BCUT2D eigenvalue weighted by Gasteiger charge is 2.42. The Bertz CT molecular complexity index is 666. The van der Waals surface area contributed by atoms with Crippen molar-refractivity contribution < 1.29 is 13.5 Å². The minimum absolute atomic E-state index is 0.199. The molecule has 2 unspecified atom stereocenters. The van der Waals surface area contributed by atoms with Gasteiger partial charge in [0, 0.05) is 19.1 Å². The molecule has 144 valence electrons. The Kier molecular flexibility index (Phi) is 5.28. The van der Waals surface area contributed by atoms with Gasteiger partial charge in [-0.3, -0.25) is 0 Å². The van der Waals surface area contributed by atoms with Crippen LogP contribution < -0.4 is 5.32 Å². The second-order valence-electron chi connectivity index (χ2n) is 8.12. The second kappa shape index (κ2) is 7.18. The van der Waals surface area contributed by atoms with Crippen molar-refractivity contribution in [1.82, 2.24) is 15.1 Å². The summed E-state index contributed by atoms with van der Waals surface area (Å²) in [4.78, 5) is 2.20. The highest BCUT2D eigenvalue weighted by atomic mass is 35.5. The van der Waals surface area contributed by atoms with E-state index >= 15 is 0 Å². The molecule has 2 aliphatic rings. The fraction of sp³-hybridized carbons (Fsp3) is 0.667. The maximum atomic E-state index is 12.9. The molecule has 3 atom stereocenters. The fourth-order valence-electron chi connectivity index (χ4n) is 3.86. The molecule has 2 heterocycles. The van der Waals surface area contributed by atoms with Crippen LogP contribution in [0.1, 0.15) is 45.6 Å². The topological polar surface area (TPSA) is 50.3 Å². The summed E-state index contributed by atoms with van der Waals surface area (Å²) in [6.45, 7) is 11.9. The van der Waals surface area contributed by atoms with Crippen molar-refractivity contribution >= 4 is 17.4 Å². The predicted molar refractivity (Wildman–Crippen MR) is 97.2 cm³/mol. The number of hydrogen-bond donors (Lipinski definition) is 1. The molecule has 1 aromatic heterocycles. The van der Waals surface area contributed by atoms with Crippen LogP contribution >= 0.6 is 11.6 Å². The van der Waals surface area contributed by atoms with Gasteiger partial charge in [0.05, 0.1) is 5.56 Å². The van der Waals surface area contributed by atoms with E-state index < -0.39 is 6.43 Å². The second-order valence-corrected chi connectivity index (χ2v) is 8.48. The van der Waals surface area contributed by atoms with Crippen LogP contribution in [0.25, 0.3) is 0 Å². The third-order valence-electron chi connectivity index (χ3n) is 4.89. The van der Waals surface area contributed by atoms with E-state index in [1.807, 2.05) is 20.8 Å². The summed E-state index contributed by atoms with van der Waals surface area (Å²) in [6.07, 6.45) is -0.750. The molecule has 1 saturated heterocycles. The van der Waals surface area contributed by atoms with Gasteiger partial charge in [0.25, 0.3) is 6.43 Å². The minimum atomic E-state index is -2.66. The molecule has 0 bridgehead atoms. The smallest absolute Gasteiger partial charge is 0.267 e. The summed E-state index contributed by atoms with van der Waals surface area (Å²) in [7, 11) is 0. The monoisotopic (exact) mass is 386 g/mol. The van der Waals surface area contributed by atoms with Crippen molar-refractivity contribution in [3.05, 3.63) is 29.2 Å². The number of nitrogens with zero attached hydrogens (tertiary/aromatic N) is 3. The number of nitrogens with one attached hydrogen (secondary N) is 1. The molecule has 0 amide bonds. The molecule has 1 N–H and O–H groups in total. The van der Waals surface area contributed by atoms with Gasteiger partial charge in [-0.2, -0.15) is 0 Å². The van der Waals surface area contributed by atoms with Gasteiger partial charge in [-0.05, 0) is 58.1 Å². The number of anilines is 1. The Morgan fingerprint density at radius 1 is 1.31 bits per heavy atom. The summed E-state index contributed by atoms with van der Waals surface area (Å²) < 4.78 is 31.7. The van der Waals surface area contributed by atoms with Gasteiger partial charge in [0.15, 0.2) is 11.0 Å². The van der Waals surface area contributed by atoms with Crippen molar-refractivity contribution in [2.75, 3.05) is 18.4 Å². The van der Waals surface area contributed by atoms with E-state index in [-0.39, 0.29) is 22.4 Å². The van der Waals surface area contributed by atoms with Crippen molar-refractivity contribution in [3.8, 4) is 0 Å². The molecule has 26 heavy (non-hydrogen) atoms. The maximum Gasteiger partial charge on any atom is 0.267 e. The Hall–Kier alpha value is -1.63. The normalized spacial score (nSPS) is 25.5. The summed E-state index contributed by atoms with van der Waals surface area (Å²) in [5, 5.41) is 10.5. The first-order chi connectivity index (χ1) is 12.1. The van der Waals surface area contributed by atoms with E-state index in [0.717, 1.165) is 31.8 Å². The summed E-state index contributed by atoms with van der Waals surface area (Å²) >= 11 is 5.67. The predicted octanol–water partition coefficient (Wildman–Crippen LogP) is 4.48. The zero-order valence-corrected chi connectivity index (χ0v) is 16.1. The Labute approximate surface area is 157 Å². The fourth-order valence-corrected chi connectivity index (χ4v) is 4.04. The lowest BCUT2D eigenvalue weighted by Crippen LogP contribution is -2.30. The Morgan fingerprint density at radius 2 is 1.92 bits per heavy atom. The van der Waals surface area contributed by atoms with Gasteiger partial charge in [-0.1, -0.05) is 11.6 Å². The number of rotatable bonds is 5. The van der Waals surface area contributed by atoms with Gasteiger partial charge in [0.1, 0.15) is 11.4 Å². The van der Waals surface area contributed by atoms with Crippen LogP contribution in [-0.2, 0) is 4.74 Å². The van der Waals surface area contributed by atoms with Crippen LogP contribution in [0.5, 0.6) is 0 Å². The Morgan fingerprint density at radius 3 is 2.46 bits per heavy atom. The lowest BCUT2D eigenvalue weighted by atomic mass is 10.0. The molecular weight excluding hydrogens is 362 g/mol. The van der Waals surface area contributed by atoms with Gasteiger partial charge in [0.2, 0.25) is 0 Å². The lowest BCUT2D eigenvalue weighted by molar-refractivity contribution is 0.00693. The van der Waals surface area contributed by atoms with Crippen molar-refractivity contribution in [1.29, 1.82) is 0 Å². The molecule has 0 aromatic carbocycles. The van der Waals surface area contributed by atoms with Crippen LogP contribution in [0.15, 0.2) is 18.5 Å². The number of fused-ring (bicyclic) bond motifs is 1. The minimum Gasteiger partial charge on any atom is -0.474 e. The van der Waals surface area contributed by atoms with Crippen LogP contribution in [0.3, 0.4) is 0 Å². The summed E-state index contributed by atoms with van der Waals surface area (Å²) in [5.41, 5.74) is -0.543. The van der Waals surface area contributed by atoms with E-state index in [9.17, 15) is 8.78 Å². The molecule has 1 aliphatic heterocycles. The molecule has 1 aliphatic carbocycles. The number of ether oxygens (including phenoxy) is 1. The summed E-state index contributed by atoms with van der Waals surface area (Å²) in [5.74, 6) is 2.14. The molecule has 8 heteroatoms. The molecular formula is C18H25ClF2N4O. The first-order valence-electron chi connectivity index (χ1n) is 8.83. The maximum absolute atomic E-state index is 12.9. The van der Waals surface area contributed by atoms with E-state index in [4.69, 9.17) is 16.3 Å². The number of alkyl halides is 2. The van der Waals surface area contributed by atoms with Crippen molar-refractivity contribution in [3.63, 3.8) is 0 Å². The first-order valence-corrected chi connectivity index (χ1v) is 9.21. The third kappa shape index (κ3) is 4.37. The average Bonchev–Trinajstić information content (AvgIpc) is 3.05. The largest absolute Gasteiger partial charge is 0.474 e. The van der Waals surface area contributed by atoms with Gasteiger partial charge >= 0.3 is 0 Å². The van der Waals surface area contributed by atoms with Gasteiger partial charge < -0.3 is 15.0 Å². The zero-order chi connectivity index (χ0) is 19.1. The molecule has 0 spiro atoms. The molecule has 5 nitrogen and oxygen atoms in total. The number of hydrogen-bond acceptors (Lipinski definition) is 5. The van der Waals surface area contributed by atoms with Crippen LogP contribution in [-0.4, -0.2) is 39.8 Å². The van der Waals surface area contributed by atoms with E-state index in [0.29, 0.717) is 17.7 Å². The zero-order valence-electron chi connectivity index (χ0n) is 15.3. The summed E-state index contributed by atoms with van der Waals surface area (Å²) in [6, 6.07) is 1.49. The SMILES string of the molecule is C=C(OC(C)(C)C)N1CC2CC(Nc3cc(C(F)F)c(Cl)nn3)C[C@@H]2C1.